The number of thioether (sulfide) groups is 1. The Morgan fingerprint density at radius 1 is 1.16 bits per heavy atom. The number of ether oxygens (including phenoxy) is 1. The Morgan fingerprint density at radius 3 is 2.68 bits per heavy atom. The summed E-state index contributed by atoms with van der Waals surface area (Å²) in [5.74, 6) is 1.79. The van der Waals surface area contributed by atoms with Crippen LogP contribution in [0.4, 0.5) is 5.69 Å². The molecule has 0 saturated carbocycles. The number of hydrogen-bond donors (Lipinski definition) is 1. The topological polar surface area (TPSA) is 21.3 Å². The lowest BCUT2D eigenvalue weighted by Gasteiger charge is -2.10. The van der Waals surface area contributed by atoms with Gasteiger partial charge in [-0.1, -0.05) is 29.8 Å². The molecule has 2 aromatic carbocycles. The largest absolute Gasteiger partial charge is 0.497 e. The second-order valence-corrected chi connectivity index (χ2v) is 5.51. The van der Waals surface area contributed by atoms with Crippen LogP contribution in [0.5, 0.6) is 5.75 Å². The van der Waals surface area contributed by atoms with Gasteiger partial charge in [0.25, 0.3) is 0 Å². The van der Waals surface area contributed by atoms with Crippen molar-refractivity contribution in [3.8, 4) is 5.75 Å². The lowest BCUT2D eigenvalue weighted by atomic mass is 10.3. The van der Waals surface area contributed by atoms with Crippen LogP contribution in [0.15, 0.2) is 53.4 Å². The monoisotopic (exact) mass is 293 g/mol. The van der Waals surface area contributed by atoms with Crippen LogP contribution in [0.2, 0.25) is 5.02 Å². The highest BCUT2D eigenvalue weighted by Gasteiger charge is 2.01. The minimum atomic E-state index is 0.713. The normalized spacial score (nSPS) is 10.2. The van der Waals surface area contributed by atoms with Crippen molar-refractivity contribution in [2.45, 2.75) is 4.90 Å². The third-order valence-electron chi connectivity index (χ3n) is 2.60. The number of anilines is 1. The zero-order valence-electron chi connectivity index (χ0n) is 10.7. The molecule has 2 rings (SSSR count). The maximum absolute atomic E-state index is 6.12. The minimum absolute atomic E-state index is 0.713. The molecule has 100 valence electrons. The highest BCUT2D eigenvalue weighted by atomic mass is 35.5. The molecule has 0 aliphatic heterocycles. The summed E-state index contributed by atoms with van der Waals surface area (Å²) < 4.78 is 5.18. The predicted octanol–water partition coefficient (Wildman–Crippen LogP) is 4.55. The summed E-state index contributed by atoms with van der Waals surface area (Å²) in [6, 6.07) is 16.0. The molecule has 0 atom stereocenters. The minimum Gasteiger partial charge on any atom is -0.497 e. The fourth-order valence-electron chi connectivity index (χ4n) is 1.64. The van der Waals surface area contributed by atoms with E-state index in [0.717, 1.165) is 23.7 Å². The number of halogens is 1. The van der Waals surface area contributed by atoms with E-state index >= 15 is 0 Å². The summed E-state index contributed by atoms with van der Waals surface area (Å²) >= 11 is 7.94. The summed E-state index contributed by atoms with van der Waals surface area (Å²) in [4.78, 5) is 1.28. The van der Waals surface area contributed by atoms with E-state index in [4.69, 9.17) is 16.3 Å². The Balaban J connectivity index is 1.82. The second kappa shape index (κ2) is 7.31. The van der Waals surface area contributed by atoms with Gasteiger partial charge in [0.05, 0.1) is 17.8 Å². The van der Waals surface area contributed by atoms with Crippen LogP contribution >= 0.6 is 23.4 Å². The number of rotatable bonds is 6. The van der Waals surface area contributed by atoms with Gasteiger partial charge in [0, 0.05) is 23.3 Å². The Morgan fingerprint density at radius 2 is 1.95 bits per heavy atom. The highest BCUT2D eigenvalue weighted by Crippen LogP contribution is 2.26. The van der Waals surface area contributed by atoms with E-state index in [-0.39, 0.29) is 0 Å². The van der Waals surface area contributed by atoms with Gasteiger partial charge < -0.3 is 10.1 Å². The van der Waals surface area contributed by atoms with Gasteiger partial charge in [-0.3, -0.25) is 0 Å². The third kappa shape index (κ3) is 4.37. The zero-order valence-corrected chi connectivity index (χ0v) is 12.3. The van der Waals surface area contributed by atoms with Gasteiger partial charge in [0.2, 0.25) is 0 Å². The summed E-state index contributed by atoms with van der Waals surface area (Å²) in [6.45, 7) is 0.854. The quantitative estimate of drug-likeness (QED) is 0.623. The van der Waals surface area contributed by atoms with Crippen molar-refractivity contribution < 1.29 is 4.74 Å². The zero-order chi connectivity index (χ0) is 13.5. The third-order valence-corrected chi connectivity index (χ3v) is 3.95. The average Bonchev–Trinajstić information content (AvgIpc) is 2.46. The van der Waals surface area contributed by atoms with Crippen molar-refractivity contribution >= 4 is 29.1 Å². The van der Waals surface area contributed by atoms with Crippen LogP contribution in [-0.2, 0) is 0 Å². The molecule has 2 aromatic rings. The maximum Gasteiger partial charge on any atom is 0.121 e. The van der Waals surface area contributed by atoms with Crippen LogP contribution in [-0.4, -0.2) is 19.4 Å². The molecule has 4 heteroatoms. The summed E-state index contributed by atoms with van der Waals surface area (Å²) in [7, 11) is 1.65. The van der Waals surface area contributed by atoms with Crippen LogP contribution < -0.4 is 10.1 Å². The van der Waals surface area contributed by atoms with E-state index < -0.39 is 0 Å². The van der Waals surface area contributed by atoms with Gasteiger partial charge in [-0.05, 0) is 24.3 Å². The Kier molecular flexibility index (Phi) is 5.43. The van der Waals surface area contributed by atoms with Crippen LogP contribution in [0.25, 0.3) is 0 Å². The molecule has 19 heavy (non-hydrogen) atoms. The first-order valence-electron chi connectivity index (χ1n) is 6.05. The van der Waals surface area contributed by atoms with Gasteiger partial charge in [-0.2, -0.15) is 0 Å². The standard InChI is InChI=1S/C15H16ClNOS/c1-18-12-7-8-14(16)15(11-12)17-9-10-19-13-5-3-2-4-6-13/h2-8,11,17H,9-10H2,1H3. The molecular weight excluding hydrogens is 278 g/mol. The number of methoxy groups -OCH3 is 1. The van der Waals surface area contributed by atoms with Crippen LogP contribution in [0.1, 0.15) is 0 Å². The van der Waals surface area contributed by atoms with Crippen molar-refractivity contribution in [2.75, 3.05) is 24.7 Å². The lowest BCUT2D eigenvalue weighted by molar-refractivity contribution is 0.415. The van der Waals surface area contributed by atoms with Crippen LogP contribution in [0, 0.1) is 0 Å². The SMILES string of the molecule is COc1ccc(Cl)c(NCCSc2ccccc2)c1. The molecule has 0 aromatic heterocycles. The predicted molar refractivity (Wildman–Crippen MR) is 83.7 cm³/mol. The van der Waals surface area contributed by atoms with E-state index in [0.29, 0.717) is 5.02 Å². The van der Waals surface area contributed by atoms with Crippen molar-refractivity contribution in [3.05, 3.63) is 53.6 Å². The summed E-state index contributed by atoms with van der Waals surface area (Å²) in [5.41, 5.74) is 0.912. The summed E-state index contributed by atoms with van der Waals surface area (Å²) in [6.07, 6.45) is 0. The van der Waals surface area contributed by atoms with Crippen molar-refractivity contribution in [3.63, 3.8) is 0 Å². The molecule has 0 spiro atoms. The smallest absolute Gasteiger partial charge is 0.121 e. The highest BCUT2D eigenvalue weighted by molar-refractivity contribution is 7.99. The van der Waals surface area contributed by atoms with E-state index in [2.05, 4.69) is 29.6 Å². The van der Waals surface area contributed by atoms with E-state index in [1.54, 1.807) is 7.11 Å². The van der Waals surface area contributed by atoms with Crippen molar-refractivity contribution in [1.82, 2.24) is 0 Å². The second-order valence-electron chi connectivity index (χ2n) is 3.93. The molecule has 0 amide bonds. The van der Waals surface area contributed by atoms with E-state index in [1.807, 2.05) is 36.0 Å². The van der Waals surface area contributed by atoms with Crippen molar-refractivity contribution in [1.29, 1.82) is 0 Å². The molecule has 0 saturated heterocycles. The molecule has 0 heterocycles. The molecule has 0 aliphatic carbocycles. The molecular formula is C15H16ClNOS. The van der Waals surface area contributed by atoms with Gasteiger partial charge >= 0.3 is 0 Å². The lowest BCUT2D eigenvalue weighted by Crippen LogP contribution is -2.04. The average molecular weight is 294 g/mol. The number of nitrogens with one attached hydrogen (secondary N) is 1. The fraction of sp³-hybridized carbons (Fsp3) is 0.200. The molecule has 0 radical (unpaired) electrons. The molecule has 1 N–H and O–H groups in total. The Bertz CT molecular complexity index is 519. The van der Waals surface area contributed by atoms with Gasteiger partial charge in [0.1, 0.15) is 5.75 Å². The van der Waals surface area contributed by atoms with E-state index in [9.17, 15) is 0 Å². The molecule has 0 bridgehead atoms. The first-order valence-corrected chi connectivity index (χ1v) is 7.41. The fourth-order valence-corrected chi connectivity index (χ4v) is 2.61. The maximum atomic E-state index is 6.12. The van der Waals surface area contributed by atoms with Gasteiger partial charge in [-0.25, -0.2) is 0 Å². The first kappa shape index (κ1) is 14.1. The number of benzene rings is 2. The van der Waals surface area contributed by atoms with Crippen molar-refractivity contribution in [2.24, 2.45) is 0 Å². The van der Waals surface area contributed by atoms with Crippen LogP contribution in [0.3, 0.4) is 0 Å². The Hall–Kier alpha value is -1.32. The van der Waals surface area contributed by atoms with E-state index in [1.165, 1.54) is 4.90 Å². The molecule has 0 unspecified atom stereocenters. The number of hydrogen-bond acceptors (Lipinski definition) is 3. The summed E-state index contributed by atoms with van der Waals surface area (Å²) in [5, 5.41) is 4.04. The molecule has 0 aliphatic rings. The first-order chi connectivity index (χ1) is 9.29. The molecule has 2 nitrogen and oxygen atoms in total. The van der Waals surface area contributed by atoms with Gasteiger partial charge in [0.15, 0.2) is 0 Å². The molecule has 0 fully saturated rings. The Labute approximate surface area is 123 Å². The van der Waals surface area contributed by atoms with Gasteiger partial charge in [-0.15, -0.1) is 11.8 Å².